The third-order valence-electron chi connectivity index (χ3n) is 2.43. The summed E-state index contributed by atoms with van der Waals surface area (Å²) in [6.45, 7) is 2.01. The van der Waals surface area contributed by atoms with E-state index < -0.39 is 5.97 Å². The van der Waals surface area contributed by atoms with Gasteiger partial charge in [-0.25, -0.2) is 9.78 Å². The molecule has 0 saturated heterocycles. The summed E-state index contributed by atoms with van der Waals surface area (Å²) in [4.78, 5) is 15.0. The lowest BCUT2D eigenvalue weighted by molar-refractivity contribution is 0.0702. The second-order valence-electron chi connectivity index (χ2n) is 3.75. The lowest BCUT2D eigenvalue weighted by Gasteiger charge is -2.13. The molecule has 0 aliphatic carbocycles. The number of carboxylic acid groups (broad SMARTS) is 1. The van der Waals surface area contributed by atoms with Gasteiger partial charge in [0.25, 0.3) is 0 Å². The molecule has 0 bridgehead atoms. The lowest BCUT2D eigenvalue weighted by Crippen LogP contribution is -2.05. The van der Waals surface area contributed by atoms with Crippen molar-refractivity contribution < 1.29 is 9.90 Å². The summed E-state index contributed by atoms with van der Waals surface area (Å²) < 4.78 is 1.03. The molecule has 0 spiro atoms. The molecule has 4 nitrogen and oxygen atoms in total. The molecule has 18 heavy (non-hydrogen) atoms. The van der Waals surface area contributed by atoms with Crippen molar-refractivity contribution in [3.63, 3.8) is 0 Å². The largest absolute Gasteiger partial charge is 0.477 e. The summed E-state index contributed by atoms with van der Waals surface area (Å²) in [6.07, 6.45) is 1.36. The Bertz CT molecular complexity index is 553. The zero-order chi connectivity index (χ0) is 13.1. The minimum atomic E-state index is -0.947. The third kappa shape index (κ3) is 3.08. The minimum absolute atomic E-state index is 0.0749. The fourth-order valence-corrected chi connectivity index (χ4v) is 2.47. The van der Waals surface area contributed by atoms with Gasteiger partial charge in [0.1, 0.15) is 4.88 Å². The number of hydrogen-bond acceptors (Lipinski definition) is 4. The molecule has 0 saturated carbocycles. The van der Waals surface area contributed by atoms with Gasteiger partial charge in [-0.15, -0.1) is 0 Å². The number of carbonyl (C=O) groups is 1. The maximum atomic E-state index is 10.7. The van der Waals surface area contributed by atoms with Gasteiger partial charge in [0.05, 0.1) is 12.2 Å². The maximum absolute atomic E-state index is 10.7. The molecule has 0 aliphatic heterocycles. The topological polar surface area (TPSA) is 62.2 Å². The van der Waals surface area contributed by atoms with Gasteiger partial charge in [-0.05, 0) is 24.6 Å². The summed E-state index contributed by atoms with van der Waals surface area (Å²) in [7, 11) is 0. The van der Waals surface area contributed by atoms with Crippen LogP contribution in [0.1, 0.15) is 28.2 Å². The predicted octanol–water partition coefficient (Wildman–Crippen LogP) is 3.78. The average Bonchev–Trinajstić information content (AvgIpc) is 2.78. The SMILES string of the molecule is CC(Nc1ncc(C(=O)O)s1)c1ccc(Br)cc1. The summed E-state index contributed by atoms with van der Waals surface area (Å²) in [5.74, 6) is -0.947. The number of benzene rings is 1. The van der Waals surface area contributed by atoms with Crippen LogP contribution in [-0.4, -0.2) is 16.1 Å². The van der Waals surface area contributed by atoms with Crippen molar-refractivity contribution in [2.24, 2.45) is 0 Å². The van der Waals surface area contributed by atoms with Crippen LogP contribution in [0.15, 0.2) is 34.9 Å². The Balaban J connectivity index is 2.08. The molecule has 1 aromatic heterocycles. The number of aromatic nitrogens is 1. The summed E-state index contributed by atoms with van der Waals surface area (Å²) in [5.41, 5.74) is 1.12. The number of rotatable bonds is 4. The first-order chi connectivity index (χ1) is 8.56. The van der Waals surface area contributed by atoms with Crippen LogP contribution in [-0.2, 0) is 0 Å². The third-order valence-corrected chi connectivity index (χ3v) is 3.87. The molecule has 1 unspecified atom stereocenters. The molecule has 0 radical (unpaired) electrons. The predicted molar refractivity (Wildman–Crippen MR) is 75.3 cm³/mol. The molecule has 1 heterocycles. The van der Waals surface area contributed by atoms with E-state index in [4.69, 9.17) is 5.11 Å². The number of thiazole rings is 1. The van der Waals surface area contributed by atoms with Crippen LogP contribution in [0.2, 0.25) is 0 Å². The van der Waals surface area contributed by atoms with E-state index in [0.717, 1.165) is 21.4 Å². The van der Waals surface area contributed by atoms with E-state index in [2.05, 4.69) is 26.2 Å². The number of carboxylic acids is 1. The van der Waals surface area contributed by atoms with Crippen LogP contribution in [0.4, 0.5) is 5.13 Å². The normalized spacial score (nSPS) is 12.1. The van der Waals surface area contributed by atoms with Crippen LogP contribution < -0.4 is 5.32 Å². The maximum Gasteiger partial charge on any atom is 0.347 e. The number of hydrogen-bond donors (Lipinski definition) is 2. The zero-order valence-electron chi connectivity index (χ0n) is 9.55. The Hall–Kier alpha value is -1.40. The minimum Gasteiger partial charge on any atom is -0.477 e. The molecule has 6 heteroatoms. The van der Waals surface area contributed by atoms with E-state index in [0.29, 0.717) is 5.13 Å². The second-order valence-corrected chi connectivity index (χ2v) is 5.70. The van der Waals surface area contributed by atoms with Gasteiger partial charge in [-0.1, -0.05) is 39.4 Å². The van der Waals surface area contributed by atoms with Gasteiger partial charge in [0.2, 0.25) is 0 Å². The van der Waals surface area contributed by atoms with Crippen molar-refractivity contribution in [3.8, 4) is 0 Å². The monoisotopic (exact) mass is 326 g/mol. The Kier molecular flexibility index (Phi) is 3.98. The van der Waals surface area contributed by atoms with Crippen LogP contribution in [0.5, 0.6) is 0 Å². The first-order valence-electron chi connectivity index (χ1n) is 5.27. The van der Waals surface area contributed by atoms with E-state index >= 15 is 0 Å². The zero-order valence-corrected chi connectivity index (χ0v) is 12.0. The van der Waals surface area contributed by atoms with E-state index in [9.17, 15) is 4.79 Å². The van der Waals surface area contributed by atoms with Crippen molar-refractivity contribution in [3.05, 3.63) is 45.4 Å². The van der Waals surface area contributed by atoms with Gasteiger partial charge in [0.15, 0.2) is 5.13 Å². The van der Waals surface area contributed by atoms with Crippen LogP contribution in [0, 0.1) is 0 Å². The lowest BCUT2D eigenvalue weighted by atomic mass is 10.1. The highest BCUT2D eigenvalue weighted by Gasteiger charge is 2.11. The first kappa shape index (κ1) is 13.0. The summed E-state index contributed by atoms with van der Waals surface area (Å²) in [6, 6.07) is 8.03. The average molecular weight is 327 g/mol. The van der Waals surface area contributed by atoms with E-state index in [1.54, 1.807) is 0 Å². The number of aromatic carboxylic acids is 1. The molecule has 1 atom stereocenters. The van der Waals surface area contributed by atoms with Crippen molar-refractivity contribution in [2.45, 2.75) is 13.0 Å². The number of anilines is 1. The molecule has 2 N–H and O–H groups in total. The molecular weight excluding hydrogens is 316 g/mol. The number of nitrogens with one attached hydrogen (secondary N) is 1. The molecule has 0 fully saturated rings. The Labute approximate surface area is 117 Å². The van der Waals surface area contributed by atoms with E-state index in [-0.39, 0.29) is 10.9 Å². The molecule has 2 rings (SSSR count). The first-order valence-corrected chi connectivity index (χ1v) is 6.88. The molecular formula is C12H11BrN2O2S. The summed E-state index contributed by atoms with van der Waals surface area (Å²) >= 11 is 4.52. The highest BCUT2D eigenvalue weighted by Crippen LogP contribution is 2.24. The highest BCUT2D eigenvalue weighted by atomic mass is 79.9. The summed E-state index contributed by atoms with van der Waals surface area (Å²) in [5, 5.41) is 12.6. The Morgan fingerprint density at radius 2 is 2.11 bits per heavy atom. The van der Waals surface area contributed by atoms with Gasteiger partial charge in [-0.2, -0.15) is 0 Å². The molecule has 1 aromatic carbocycles. The molecule has 94 valence electrons. The fraction of sp³-hybridized carbons (Fsp3) is 0.167. The van der Waals surface area contributed by atoms with Crippen molar-refractivity contribution in [2.75, 3.05) is 5.32 Å². The van der Waals surface area contributed by atoms with Gasteiger partial charge < -0.3 is 10.4 Å². The number of halogens is 1. The Morgan fingerprint density at radius 1 is 1.44 bits per heavy atom. The van der Waals surface area contributed by atoms with Crippen LogP contribution >= 0.6 is 27.3 Å². The van der Waals surface area contributed by atoms with Crippen LogP contribution in [0.3, 0.4) is 0 Å². The smallest absolute Gasteiger partial charge is 0.347 e. The quantitative estimate of drug-likeness (QED) is 0.897. The van der Waals surface area contributed by atoms with E-state index in [1.807, 2.05) is 31.2 Å². The number of nitrogens with zero attached hydrogens (tertiary/aromatic N) is 1. The van der Waals surface area contributed by atoms with Crippen molar-refractivity contribution >= 4 is 38.4 Å². The van der Waals surface area contributed by atoms with Crippen LogP contribution in [0.25, 0.3) is 0 Å². The highest BCUT2D eigenvalue weighted by molar-refractivity contribution is 9.10. The van der Waals surface area contributed by atoms with E-state index in [1.165, 1.54) is 6.20 Å². The van der Waals surface area contributed by atoms with Gasteiger partial charge in [0, 0.05) is 4.47 Å². The second kappa shape index (κ2) is 5.49. The molecule has 2 aromatic rings. The fourth-order valence-electron chi connectivity index (χ4n) is 1.46. The van der Waals surface area contributed by atoms with Crippen molar-refractivity contribution in [1.29, 1.82) is 0 Å². The molecule has 0 amide bonds. The standard InChI is InChI=1S/C12H11BrN2O2S/c1-7(8-2-4-9(13)5-3-8)15-12-14-6-10(18-12)11(16)17/h2-7H,1H3,(H,14,15)(H,16,17). The molecule has 0 aliphatic rings. The Morgan fingerprint density at radius 3 is 2.67 bits per heavy atom. The van der Waals surface area contributed by atoms with Gasteiger partial charge >= 0.3 is 5.97 Å². The van der Waals surface area contributed by atoms with Crippen molar-refractivity contribution in [1.82, 2.24) is 4.98 Å². The van der Waals surface area contributed by atoms with Gasteiger partial charge in [-0.3, -0.25) is 0 Å².